The van der Waals surface area contributed by atoms with Crippen molar-refractivity contribution in [3.8, 4) is 5.75 Å². The van der Waals surface area contributed by atoms with Crippen molar-refractivity contribution in [3.63, 3.8) is 0 Å². The smallest absolute Gasteiger partial charge is 0.316 e. The number of rotatable bonds is 5. The maximum absolute atomic E-state index is 12.8. The Morgan fingerprint density at radius 3 is 2.17 bits per heavy atom. The number of ether oxygens (including phenoxy) is 3. The fourth-order valence-electron chi connectivity index (χ4n) is 2.98. The van der Waals surface area contributed by atoms with Crippen molar-refractivity contribution in [3.05, 3.63) is 29.3 Å². The van der Waals surface area contributed by atoms with E-state index < -0.39 is 29.6 Å². The molecule has 0 radical (unpaired) electrons. The fourth-order valence-corrected chi connectivity index (χ4v) is 2.98. The number of benzene rings is 1. The van der Waals surface area contributed by atoms with Crippen molar-refractivity contribution >= 4 is 17.7 Å². The third-order valence-corrected chi connectivity index (χ3v) is 4.11. The lowest BCUT2D eigenvalue weighted by Crippen LogP contribution is -2.36. The number of esters is 2. The zero-order chi connectivity index (χ0) is 17.7. The molecule has 0 heterocycles. The molecule has 0 amide bonds. The summed E-state index contributed by atoms with van der Waals surface area (Å²) in [5.41, 5.74) is 1.57. The highest BCUT2D eigenvalue weighted by Crippen LogP contribution is 2.33. The van der Waals surface area contributed by atoms with E-state index >= 15 is 0 Å². The van der Waals surface area contributed by atoms with Crippen LogP contribution in [0.15, 0.2) is 18.2 Å². The van der Waals surface area contributed by atoms with E-state index in [2.05, 4.69) is 0 Å². The molecular weight excluding hydrogens is 312 g/mol. The zero-order valence-corrected chi connectivity index (χ0v) is 14.2. The van der Waals surface area contributed by atoms with Gasteiger partial charge in [-0.1, -0.05) is 12.1 Å². The molecule has 0 fully saturated rings. The van der Waals surface area contributed by atoms with Gasteiger partial charge in [-0.3, -0.25) is 14.4 Å². The van der Waals surface area contributed by atoms with Gasteiger partial charge in [0, 0.05) is 0 Å². The number of fused-ring (bicyclic) bond motifs is 1. The second kappa shape index (κ2) is 7.95. The summed E-state index contributed by atoms with van der Waals surface area (Å²) in [5, 5.41) is 0. The largest absolute Gasteiger partial charge is 0.496 e. The second-order valence-corrected chi connectivity index (χ2v) is 5.52. The van der Waals surface area contributed by atoms with Crippen molar-refractivity contribution in [2.45, 2.75) is 26.7 Å². The highest BCUT2D eigenvalue weighted by Gasteiger charge is 2.41. The molecule has 24 heavy (non-hydrogen) atoms. The first-order chi connectivity index (χ1) is 11.5. The third-order valence-electron chi connectivity index (χ3n) is 4.11. The Kier molecular flexibility index (Phi) is 5.95. The van der Waals surface area contributed by atoms with E-state index in [0.29, 0.717) is 5.75 Å². The third kappa shape index (κ3) is 3.58. The van der Waals surface area contributed by atoms with Crippen LogP contribution in [0.1, 0.15) is 25.0 Å². The number of hydrogen-bond donors (Lipinski definition) is 0. The monoisotopic (exact) mass is 334 g/mol. The van der Waals surface area contributed by atoms with Crippen LogP contribution in [-0.2, 0) is 36.7 Å². The van der Waals surface area contributed by atoms with Crippen molar-refractivity contribution in [2.24, 2.45) is 11.8 Å². The Hall–Kier alpha value is -2.37. The molecule has 2 rings (SSSR count). The molecule has 6 nitrogen and oxygen atoms in total. The highest BCUT2D eigenvalue weighted by molar-refractivity contribution is 6.09. The maximum atomic E-state index is 12.8. The first-order valence-corrected chi connectivity index (χ1v) is 8.05. The Balaban J connectivity index is 2.47. The minimum Gasteiger partial charge on any atom is -0.496 e. The number of methoxy groups -OCH3 is 1. The van der Waals surface area contributed by atoms with Crippen molar-refractivity contribution in [2.75, 3.05) is 20.3 Å². The van der Waals surface area contributed by atoms with Crippen molar-refractivity contribution < 1.29 is 28.6 Å². The van der Waals surface area contributed by atoms with Gasteiger partial charge < -0.3 is 14.2 Å². The van der Waals surface area contributed by atoms with E-state index in [1.165, 1.54) is 7.11 Å². The van der Waals surface area contributed by atoms with Crippen LogP contribution in [0.25, 0.3) is 0 Å². The number of carbonyl (C=O) groups is 3. The van der Waals surface area contributed by atoms with E-state index in [1.54, 1.807) is 26.0 Å². The highest BCUT2D eigenvalue weighted by atomic mass is 16.5. The summed E-state index contributed by atoms with van der Waals surface area (Å²) in [6.07, 6.45) is 0.354. The minimum absolute atomic E-state index is 0.160. The summed E-state index contributed by atoms with van der Waals surface area (Å²) in [4.78, 5) is 37.3. The molecule has 0 aliphatic heterocycles. The summed E-state index contributed by atoms with van der Waals surface area (Å²) in [6.45, 7) is 3.71. The topological polar surface area (TPSA) is 78.9 Å². The lowest BCUT2D eigenvalue weighted by molar-refractivity contribution is -0.157. The summed E-state index contributed by atoms with van der Waals surface area (Å²) in [7, 11) is 1.53. The van der Waals surface area contributed by atoms with Gasteiger partial charge in [-0.2, -0.15) is 0 Å². The van der Waals surface area contributed by atoms with E-state index in [-0.39, 0.29) is 26.1 Å². The van der Waals surface area contributed by atoms with Crippen LogP contribution in [0.2, 0.25) is 0 Å². The molecule has 6 heteroatoms. The average molecular weight is 334 g/mol. The van der Waals surface area contributed by atoms with Crippen LogP contribution in [0, 0.1) is 11.8 Å². The second-order valence-electron chi connectivity index (χ2n) is 5.52. The summed E-state index contributed by atoms with van der Waals surface area (Å²) in [6, 6.07) is 5.41. The standard InChI is InChI=1S/C18H22O6/c1-4-23-17(20)13-9-11-7-6-8-15(22-3)12(11)10-14(16(13)19)18(21)24-5-2/h6-8,13-14H,4-5,9-10H2,1-3H3/t13-,14+/m1/s1. The molecule has 1 aliphatic carbocycles. The Labute approximate surface area is 141 Å². The number of Topliss-reactive ketones (excluding diaryl/α,β-unsaturated/α-hetero) is 1. The lowest BCUT2D eigenvalue weighted by Gasteiger charge is -2.16. The molecule has 0 saturated heterocycles. The zero-order valence-electron chi connectivity index (χ0n) is 14.2. The molecule has 0 bridgehead atoms. The fraction of sp³-hybridized carbons (Fsp3) is 0.500. The SMILES string of the molecule is CCOC(=O)[C@H]1Cc2c(cccc2OC)C[C@@H](C(=O)OCC)C1=O. The predicted molar refractivity (Wildman–Crippen MR) is 85.7 cm³/mol. The molecule has 1 aromatic rings. The molecule has 0 spiro atoms. The van der Waals surface area contributed by atoms with Crippen molar-refractivity contribution in [1.82, 2.24) is 0 Å². The van der Waals surface area contributed by atoms with E-state index in [9.17, 15) is 14.4 Å². The molecule has 130 valence electrons. The molecule has 0 unspecified atom stereocenters. The lowest BCUT2D eigenvalue weighted by atomic mass is 9.90. The molecular formula is C18H22O6. The van der Waals surface area contributed by atoms with E-state index in [1.807, 2.05) is 6.07 Å². The Morgan fingerprint density at radius 1 is 1.04 bits per heavy atom. The van der Waals surface area contributed by atoms with Crippen LogP contribution < -0.4 is 4.74 Å². The summed E-state index contributed by atoms with van der Waals surface area (Å²) < 4.78 is 15.4. The molecule has 1 aliphatic rings. The molecule has 0 aromatic heterocycles. The summed E-state index contributed by atoms with van der Waals surface area (Å²) >= 11 is 0. The first kappa shape index (κ1) is 18.0. The Morgan fingerprint density at radius 2 is 1.62 bits per heavy atom. The molecule has 0 N–H and O–H groups in total. The predicted octanol–water partition coefficient (Wildman–Crippen LogP) is 1.72. The van der Waals surface area contributed by atoms with Gasteiger partial charge in [0.15, 0.2) is 5.78 Å². The van der Waals surface area contributed by atoms with Gasteiger partial charge in [-0.25, -0.2) is 0 Å². The average Bonchev–Trinajstić information content (AvgIpc) is 2.72. The van der Waals surface area contributed by atoms with Crippen LogP contribution in [0.4, 0.5) is 0 Å². The first-order valence-electron chi connectivity index (χ1n) is 8.05. The van der Waals surface area contributed by atoms with Gasteiger partial charge in [-0.15, -0.1) is 0 Å². The normalized spacial score (nSPS) is 19.9. The van der Waals surface area contributed by atoms with Crippen LogP contribution in [0.3, 0.4) is 0 Å². The molecule has 1 aromatic carbocycles. The minimum atomic E-state index is -1.03. The van der Waals surface area contributed by atoms with Crippen LogP contribution in [0.5, 0.6) is 5.75 Å². The van der Waals surface area contributed by atoms with E-state index in [4.69, 9.17) is 14.2 Å². The van der Waals surface area contributed by atoms with Crippen LogP contribution >= 0.6 is 0 Å². The van der Waals surface area contributed by atoms with Crippen molar-refractivity contribution in [1.29, 1.82) is 0 Å². The number of carbonyl (C=O) groups excluding carboxylic acids is 3. The van der Waals surface area contributed by atoms with Gasteiger partial charge >= 0.3 is 11.9 Å². The van der Waals surface area contributed by atoms with Crippen LogP contribution in [-0.4, -0.2) is 38.0 Å². The number of ketones is 1. The van der Waals surface area contributed by atoms with Gasteiger partial charge in [0.1, 0.15) is 17.6 Å². The summed E-state index contributed by atoms with van der Waals surface area (Å²) in [5.74, 6) is -3.11. The number of hydrogen-bond acceptors (Lipinski definition) is 6. The quantitative estimate of drug-likeness (QED) is 0.463. The van der Waals surface area contributed by atoms with E-state index in [0.717, 1.165) is 11.1 Å². The molecule has 2 atom stereocenters. The van der Waals surface area contributed by atoms with Gasteiger partial charge in [0.25, 0.3) is 0 Å². The molecule has 0 saturated carbocycles. The van der Waals surface area contributed by atoms with Gasteiger partial charge in [0.05, 0.1) is 20.3 Å². The van der Waals surface area contributed by atoms with Gasteiger partial charge in [0.2, 0.25) is 0 Å². The van der Waals surface area contributed by atoms with Gasteiger partial charge in [-0.05, 0) is 43.9 Å². The Bertz CT molecular complexity index is 636. The maximum Gasteiger partial charge on any atom is 0.316 e.